The number of rotatable bonds is 9. The molecule has 1 atom stereocenters. The number of nitrogens with one attached hydrogen (secondary N) is 1. The molecule has 2 aromatic heterocycles. The van der Waals surface area contributed by atoms with Gasteiger partial charge in [-0.3, -0.25) is 0 Å². The molecule has 0 amide bonds. The van der Waals surface area contributed by atoms with Gasteiger partial charge in [-0.15, -0.1) is 0 Å². The van der Waals surface area contributed by atoms with Crippen LogP contribution in [0, 0.1) is 0 Å². The lowest BCUT2D eigenvalue weighted by molar-refractivity contribution is 0.669. The van der Waals surface area contributed by atoms with Crippen LogP contribution in [-0.4, -0.2) is 4.57 Å². The number of furan rings is 1. The van der Waals surface area contributed by atoms with E-state index in [1.807, 2.05) is 12.1 Å². The summed E-state index contributed by atoms with van der Waals surface area (Å²) in [5.41, 5.74) is 17.3. The molecule has 2 aliphatic rings. The second kappa shape index (κ2) is 14.6. The number of anilines is 2. The van der Waals surface area contributed by atoms with E-state index < -0.39 is 0 Å². The van der Waals surface area contributed by atoms with Crippen molar-refractivity contribution in [2.24, 2.45) is 0 Å². The van der Waals surface area contributed by atoms with E-state index >= 15 is 0 Å². The first-order chi connectivity index (χ1) is 28.7. The molecular weight excluding hydrogens is 705 g/mol. The van der Waals surface area contributed by atoms with E-state index in [4.69, 9.17) is 4.42 Å². The van der Waals surface area contributed by atoms with E-state index in [2.05, 4.69) is 180 Å². The fraction of sp³-hybridized carbons (Fsp3) is 0.127. The van der Waals surface area contributed by atoms with Crippen LogP contribution in [0.25, 0.3) is 66.6 Å². The normalized spacial score (nSPS) is 14.3. The Hall–Kier alpha value is -6.84. The van der Waals surface area contributed by atoms with Gasteiger partial charge in [-0.05, 0) is 121 Å². The van der Waals surface area contributed by atoms with Crippen LogP contribution in [0.15, 0.2) is 186 Å². The molecule has 0 radical (unpaired) electrons. The fourth-order valence-electron chi connectivity index (χ4n) is 9.47. The zero-order valence-electron chi connectivity index (χ0n) is 32.5. The Morgan fingerprint density at radius 1 is 0.603 bits per heavy atom. The topological polar surface area (TPSA) is 30.1 Å². The maximum Gasteiger partial charge on any atom is 0.137 e. The number of aromatic nitrogens is 1. The van der Waals surface area contributed by atoms with Crippen molar-refractivity contribution in [3.8, 4) is 16.8 Å². The monoisotopic (exact) mass is 748 g/mol. The molecule has 11 rings (SSSR count). The Morgan fingerprint density at radius 2 is 1.36 bits per heavy atom. The first-order valence-electron chi connectivity index (χ1n) is 20.8. The van der Waals surface area contributed by atoms with Crippen LogP contribution in [0.5, 0.6) is 0 Å². The summed E-state index contributed by atoms with van der Waals surface area (Å²) in [5, 5.41) is 8.53. The van der Waals surface area contributed by atoms with Crippen molar-refractivity contribution in [2.45, 2.75) is 44.4 Å². The molecule has 1 unspecified atom stereocenters. The van der Waals surface area contributed by atoms with Crippen molar-refractivity contribution in [3.05, 3.63) is 204 Å². The van der Waals surface area contributed by atoms with Gasteiger partial charge < -0.3 is 14.3 Å². The first-order valence-corrected chi connectivity index (χ1v) is 20.8. The first kappa shape index (κ1) is 34.4. The SMILES string of the molecule is C1=CCCC(C(CCc2ccc(-c3ccc(Nc4ccc5c(c4)oc4ccccc45)cc3)cc2)c2ccc3c(c2)c2ccc4c(c2n3-c2ccccc2)C=CCC4)=C1. The molecule has 0 aliphatic heterocycles. The maximum atomic E-state index is 6.11. The van der Waals surface area contributed by atoms with Gasteiger partial charge >= 0.3 is 0 Å². The largest absolute Gasteiger partial charge is 0.456 e. The average molecular weight is 749 g/mol. The Balaban J connectivity index is 0.849. The van der Waals surface area contributed by atoms with Crippen LogP contribution in [-0.2, 0) is 12.8 Å². The fourth-order valence-corrected chi connectivity index (χ4v) is 9.47. The molecule has 0 saturated heterocycles. The zero-order chi connectivity index (χ0) is 38.4. The molecule has 3 heteroatoms. The van der Waals surface area contributed by atoms with Gasteiger partial charge in [-0.1, -0.05) is 127 Å². The highest BCUT2D eigenvalue weighted by Crippen LogP contribution is 2.41. The number of para-hydroxylation sites is 2. The summed E-state index contributed by atoms with van der Waals surface area (Å²) in [5.74, 6) is 0.356. The third-order valence-corrected chi connectivity index (χ3v) is 12.4. The van der Waals surface area contributed by atoms with Gasteiger partial charge in [0.25, 0.3) is 0 Å². The highest BCUT2D eigenvalue weighted by molar-refractivity contribution is 6.12. The predicted molar refractivity (Wildman–Crippen MR) is 245 cm³/mol. The van der Waals surface area contributed by atoms with E-state index in [0.29, 0.717) is 5.92 Å². The number of hydrogen-bond acceptors (Lipinski definition) is 2. The molecule has 2 heterocycles. The minimum Gasteiger partial charge on any atom is -0.456 e. The average Bonchev–Trinajstić information content (AvgIpc) is 3.83. The summed E-state index contributed by atoms with van der Waals surface area (Å²) >= 11 is 0. The second-order valence-corrected chi connectivity index (χ2v) is 15.9. The lowest BCUT2D eigenvalue weighted by Crippen LogP contribution is -2.06. The Morgan fingerprint density at radius 3 is 2.21 bits per heavy atom. The molecule has 1 N–H and O–H groups in total. The maximum absolute atomic E-state index is 6.11. The summed E-state index contributed by atoms with van der Waals surface area (Å²) in [7, 11) is 0. The van der Waals surface area contributed by atoms with E-state index in [0.717, 1.165) is 71.8 Å². The van der Waals surface area contributed by atoms with Crippen molar-refractivity contribution in [3.63, 3.8) is 0 Å². The number of allylic oxidation sites excluding steroid dienone is 5. The van der Waals surface area contributed by atoms with Crippen LogP contribution < -0.4 is 5.32 Å². The molecule has 0 spiro atoms. The highest BCUT2D eigenvalue weighted by Gasteiger charge is 2.22. The molecule has 9 aromatic rings. The number of fused-ring (bicyclic) bond motifs is 8. The van der Waals surface area contributed by atoms with Crippen molar-refractivity contribution >= 4 is 61.2 Å². The molecule has 7 aromatic carbocycles. The number of aryl methyl sites for hydroxylation is 2. The quantitative estimate of drug-likeness (QED) is 0.159. The van der Waals surface area contributed by atoms with E-state index in [1.165, 1.54) is 66.4 Å². The number of nitrogens with zero attached hydrogens (tertiary/aromatic N) is 1. The molecule has 280 valence electrons. The number of hydrogen-bond donors (Lipinski definition) is 1. The van der Waals surface area contributed by atoms with Crippen molar-refractivity contribution in [2.75, 3.05) is 5.32 Å². The minimum atomic E-state index is 0.356. The van der Waals surface area contributed by atoms with Crippen molar-refractivity contribution < 1.29 is 4.42 Å². The van der Waals surface area contributed by atoms with Gasteiger partial charge in [-0.25, -0.2) is 0 Å². The van der Waals surface area contributed by atoms with Gasteiger partial charge in [0.15, 0.2) is 0 Å². The molecule has 0 fully saturated rings. The molecule has 0 bridgehead atoms. The summed E-state index contributed by atoms with van der Waals surface area (Å²) in [6.07, 6.45) is 18.2. The highest BCUT2D eigenvalue weighted by atomic mass is 16.3. The van der Waals surface area contributed by atoms with Gasteiger partial charge in [0, 0.05) is 56.2 Å². The summed E-state index contributed by atoms with van der Waals surface area (Å²) in [6.45, 7) is 0. The van der Waals surface area contributed by atoms with E-state index in [9.17, 15) is 0 Å². The van der Waals surface area contributed by atoms with Gasteiger partial charge in [0.1, 0.15) is 11.2 Å². The minimum absolute atomic E-state index is 0.356. The summed E-state index contributed by atoms with van der Waals surface area (Å²) in [4.78, 5) is 0. The number of benzene rings is 7. The molecular formula is C55H44N2O. The molecule has 58 heavy (non-hydrogen) atoms. The smallest absolute Gasteiger partial charge is 0.137 e. The summed E-state index contributed by atoms with van der Waals surface area (Å²) in [6, 6.07) is 55.4. The lowest BCUT2D eigenvalue weighted by Gasteiger charge is -2.23. The molecule has 3 nitrogen and oxygen atoms in total. The van der Waals surface area contributed by atoms with E-state index in [-0.39, 0.29) is 0 Å². The van der Waals surface area contributed by atoms with Crippen LogP contribution >= 0.6 is 0 Å². The Kier molecular flexibility index (Phi) is 8.65. The van der Waals surface area contributed by atoms with E-state index in [1.54, 1.807) is 0 Å². The summed E-state index contributed by atoms with van der Waals surface area (Å²) < 4.78 is 8.61. The Bertz CT molecular complexity index is 3070. The van der Waals surface area contributed by atoms with Gasteiger partial charge in [-0.2, -0.15) is 0 Å². The van der Waals surface area contributed by atoms with Gasteiger partial charge in [0.2, 0.25) is 0 Å². The standard InChI is InChI=1S/C55H44N2O/c1-3-11-40(12-4-1)46(42-27-34-52-51(35-42)50-32-26-41-13-7-8-16-47(41)55(50)57(52)45-14-5-2-6-15-45)31-21-37-19-22-38(23-20-37)39-24-28-43(29-25-39)56-44-30-33-49-48-17-9-10-18-53(48)58-54(49)36-44/h1-3,5-6,8-11,14-20,22-30,32-36,46,56H,4,7,12-13,21,31H2. The van der Waals surface area contributed by atoms with Crippen LogP contribution in [0.3, 0.4) is 0 Å². The van der Waals surface area contributed by atoms with Gasteiger partial charge in [0.05, 0.1) is 11.0 Å². The zero-order valence-corrected chi connectivity index (χ0v) is 32.5. The van der Waals surface area contributed by atoms with Crippen LogP contribution in [0.1, 0.15) is 53.9 Å². The van der Waals surface area contributed by atoms with Crippen molar-refractivity contribution in [1.29, 1.82) is 0 Å². The third kappa shape index (κ3) is 6.24. The lowest BCUT2D eigenvalue weighted by atomic mass is 9.82. The predicted octanol–water partition coefficient (Wildman–Crippen LogP) is 15.0. The molecule has 2 aliphatic carbocycles. The van der Waals surface area contributed by atoms with Crippen molar-refractivity contribution in [1.82, 2.24) is 4.57 Å². The van der Waals surface area contributed by atoms with Crippen LogP contribution in [0.2, 0.25) is 0 Å². The second-order valence-electron chi connectivity index (χ2n) is 15.9. The Labute approximate surface area is 339 Å². The molecule has 0 saturated carbocycles. The van der Waals surface area contributed by atoms with Crippen LogP contribution in [0.4, 0.5) is 11.4 Å². The third-order valence-electron chi connectivity index (χ3n) is 12.4.